The van der Waals surface area contributed by atoms with Crippen molar-refractivity contribution in [1.82, 2.24) is 20.8 Å². The third-order valence-electron chi connectivity index (χ3n) is 4.02. The maximum Gasteiger partial charge on any atom is 0.251 e. The number of nitrogens with zero attached hydrogens (tertiary/aromatic N) is 1. The zero-order valence-electron chi connectivity index (χ0n) is 14.9. The number of hydrogen-bond acceptors (Lipinski definition) is 4. The van der Waals surface area contributed by atoms with Crippen molar-refractivity contribution in [2.24, 2.45) is 0 Å². The number of H-pyrrole nitrogens is 1. The van der Waals surface area contributed by atoms with E-state index in [1.165, 1.54) is 0 Å². The van der Waals surface area contributed by atoms with Crippen LogP contribution in [0.15, 0.2) is 60.8 Å². The van der Waals surface area contributed by atoms with E-state index < -0.39 is 0 Å². The molecule has 0 atom stereocenters. The summed E-state index contributed by atoms with van der Waals surface area (Å²) in [5.41, 5.74) is 3.40. The first-order valence-electron chi connectivity index (χ1n) is 8.43. The van der Waals surface area contributed by atoms with Crippen molar-refractivity contribution in [2.45, 2.75) is 6.54 Å². The van der Waals surface area contributed by atoms with Crippen molar-refractivity contribution in [2.75, 3.05) is 13.7 Å². The summed E-state index contributed by atoms with van der Waals surface area (Å²) >= 11 is 0. The molecule has 0 saturated carbocycles. The summed E-state index contributed by atoms with van der Waals surface area (Å²) in [6, 6.07) is 16.4. The molecule has 0 saturated heterocycles. The van der Waals surface area contributed by atoms with Crippen LogP contribution in [0.25, 0.3) is 11.3 Å². The highest BCUT2D eigenvalue weighted by molar-refractivity contribution is 5.96. The van der Waals surface area contributed by atoms with Crippen LogP contribution in [0.4, 0.5) is 0 Å². The molecule has 2 aromatic carbocycles. The van der Waals surface area contributed by atoms with Gasteiger partial charge in [0.05, 0.1) is 19.3 Å². The average Bonchev–Trinajstić information content (AvgIpc) is 3.26. The molecule has 7 heteroatoms. The van der Waals surface area contributed by atoms with Crippen LogP contribution in [0.1, 0.15) is 15.9 Å². The minimum Gasteiger partial charge on any atom is -0.497 e. The van der Waals surface area contributed by atoms with E-state index in [1.54, 1.807) is 37.6 Å². The number of benzene rings is 2. The summed E-state index contributed by atoms with van der Waals surface area (Å²) in [4.78, 5) is 24.0. The molecule has 0 aliphatic heterocycles. The topological polar surface area (TPSA) is 96.1 Å². The Morgan fingerprint density at radius 1 is 1.00 bits per heavy atom. The van der Waals surface area contributed by atoms with E-state index in [-0.39, 0.29) is 18.4 Å². The van der Waals surface area contributed by atoms with Crippen molar-refractivity contribution in [3.8, 4) is 17.0 Å². The summed E-state index contributed by atoms with van der Waals surface area (Å²) in [6.07, 6.45) is 1.70. The maximum atomic E-state index is 12.0. The van der Waals surface area contributed by atoms with E-state index >= 15 is 0 Å². The van der Waals surface area contributed by atoms with Gasteiger partial charge in [-0.3, -0.25) is 14.7 Å². The molecule has 0 bridgehead atoms. The molecule has 0 fully saturated rings. The van der Waals surface area contributed by atoms with Gasteiger partial charge in [-0.05, 0) is 41.5 Å². The highest BCUT2D eigenvalue weighted by Crippen LogP contribution is 2.16. The number of nitrogens with one attached hydrogen (secondary N) is 3. The van der Waals surface area contributed by atoms with E-state index in [9.17, 15) is 9.59 Å². The first-order valence-corrected chi connectivity index (χ1v) is 8.43. The third kappa shape index (κ3) is 4.94. The molecule has 0 unspecified atom stereocenters. The van der Waals surface area contributed by atoms with Crippen LogP contribution in [-0.2, 0) is 11.3 Å². The van der Waals surface area contributed by atoms with E-state index in [2.05, 4.69) is 20.8 Å². The van der Waals surface area contributed by atoms with Gasteiger partial charge in [0.15, 0.2) is 0 Å². The number of methoxy groups -OCH3 is 1. The predicted molar refractivity (Wildman–Crippen MR) is 101 cm³/mol. The first-order chi connectivity index (χ1) is 13.2. The van der Waals surface area contributed by atoms with Crippen LogP contribution in [0.2, 0.25) is 0 Å². The van der Waals surface area contributed by atoms with E-state index in [0.29, 0.717) is 17.9 Å². The Morgan fingerprint density at radius 2 is 1.74 bits per heavy atom. The molecule has 0 aliphatic carbocycles. The smallest absolute Gasteiger partial charge is 0.251 e. The lowest BCUT2D eigenvalue weighted by Gasteiger charge is -2.08. The minimum atomic E-state index is -0.309. The second-order valence-corrected chi connectivity index (χ2v) is 5.86. The van der Waals surface area contributed by atoms with Gasteiger partial charge in [0, 0.05) is 18.3 Å². The highest BCUT2D eigenvalue weighted by Gasteiger charge is 2.08. The number of hydrogen-bond donors (Lipinski definition) is 3. The van der Waals surface area contributed by atoms with Gasteiger partial charge in [-0.1, -0.05) is 24.3 Å². The lowest BCUT2D eigenvalue weighted by molar-refractivity contribution is -0.120. The zero-order chi connectivity index (χ0) is 19.1. The van der Waals surface area contributed by atoms with Crippen LogP contribution in [-0.4, -0.2) is 35.7 Å². The molecule has 3 rings (SSSR count). The Kier molecular flexibility index (Phi) is 5.84. The molecule has 1 heterocycles. The summed E-state index contributed by atoms with van der Waals surface area (Å²) in [7, 11) is 1.56. The normalized spacial score (nSPS) is 10.3. The Labute approximate surface area is 156 Å². The van der Waals surface area contributed by atoms with Gasteiger partial charge in [0.25, 0.3) is 5.91 Å². The van der Waals surface area contributed by atoms with Gasteiger partial charge >= 0.3 is 0 Å². The molecular weight excluding hydrogens is 344 g/mol. The standard InChI is InChI=1S/C20H20N4O3/c1-27-17-8-6-16(7-9-17)20(26)22-13-19(25)21-12-14-2-4-15(5-3-14)18-10-11-23-24-18/h2-11H,12-13H2,1H3,(H,21,25)(H,22,26)(H,23,24). The number of rotatable bonds is 7. The molecule has 27 heavy (non-hydrogen) atoms. The van der Waals surface area contributed by atoms with E-state index in [1.807, 2.05) is 30.3 Å². The van der Waals surface area contributed by atoms with Gasteiger partial charge in [0.2, 0.25) is 5.91 Å². The Bertz CT molecular complexity index is 888. The fourth-order valence-corrected chi connectivity index (χ4v) is 2.49. The fourth-order valence-electron chi connectivity index (χ4n) is 2.49. The van der Waals surface area contributed by atoms with Gasteiger partial charge in [-0.25, -0.2) is 0 Å². The Hall–Kier alpha value is -3.61. The highest BCUT2D eigenvalue weighted by atomic mass is 16.5. The van der Waals surface area contributed by atoms with E-state index in [0.717, 1.165) is 16.8 Å². The second-order valence-electron chi connectivity index (χ2n) is 5.86. The number of carbonyl (C=O) groups excluding carboxylic acids is 2. The monoisotopic (exact) mass is 364 g/mol. The minimum absolute atomic E-state index is 0.0862. The maximum absolute atomic E-state index is 12.0. The molecule has 1 aromatic heterocycles. The van der Waals surface area contributed by atoms with Crippen LogP contribution in [0.3, 0.4) is 0 Å². The van der Waals surface area contributed by atoms with Gasteiger partial charge in [-0.15, -0.1) is 0 Å². The molecule has 0 radical (unpaired) electrons. The summed E-state index contributed by atoms with van der Waals surface area (Å²) < 4.78 is 5.05. The molecule has 0 spiro atoms. The third-order valence-corrected chi connectivity index (χ3v) is 4.02. The summed E-state index contributed by atoms with van der Waals surface area (Å²) in [5, 5.41) is 12.2. The Morgan fingerprint density at radius 3 is 2.37 bits per heavy atom. The number of aromatic amines is 1. The van der Waals surface area contributed by atoms with Crippen molar-refractivity contribution in [1.29, 1.82) is 0 Å². The molecule has 7 nitrogen and oxygen atoms in total. The van der Waals surface area contributed by atoms with Crippen molar-refractivity contribution in [3.05, 3.63) is 71.9 Å². The molecule has 138 valence electrons. The number of aromatic nitrogens is 2. The summed E-state index contributed by atoms with van der Waals surface area (Å²) in [5.74, 6) is 0.106. The largest absolute Gasteiger partial charge is 0.497 e. The lowest BCUT2D eigenvalue weighted by atomic mass is 10.1. The molecular formula is C20H20N4O3. The second kappa shape index (κ2) is 8.66. The van der Waals surface area contributed by atoms with Gasteiger partial charge in [-0.2, -0.15) is 5.10 Å². The lowest BCUT2D eigenvalue weighted by Crippen LogP contribution is -2.36. The van der Waals surface area contributed by atoms with Crippen molar-refractivity contribution < 1.29 is 14.3 Å². The van der Waals surface area contributed by atoms with Crippen molar-refractivity contribution >= 4 is 11.8 Å². The quantitative estimate of drug-likeness (QED) is 0.598. The van der Waals surface area contributed by atoms with Gasteiger partial charge < -0.3 is 15.4 Å². The number of carbonyl (C=O) groups is 2. The van der Waals surface area contributed by atoms with Crippen LogP contribution in [0.5, 0.6) is 5.75 Å². The number of ether oxygens (including phenoxy) is 1. The molecule has 3 aromatic rings. The summed E-state index contributed by atoms with van der Waals surface area (Å²) in [6.45, 7) is 0.303. The fraction of sp³-hybridized carbons (Fsp3) is 0.150. The van der Waals surface area contributed by atoms with Crippen molar-refractivity contribution in [3.63, 3.8) is 0 Å². The van der Waals surface area contributed by atoms with Crippen LogP contribution < -0.4 is 15.4 Å². The predicted octanol–water partition coefficient (Wildman–Crippen LogP) is 2.13. The molecule has 2 amide bonds. The number of amides is 2. The van der Waals surface area contributed by atoms with Crippen LogP contribution in [0, 0.1) is 0 Å². The van der Waals surface area contributed by atoms with Crippen LogP contribution >= 0.6 is 0 Å². The SMILES string of the molecule is COc1ccc(C(=O)NCC(=O)NCc2ccc(-c3ccn[nH]3)cc2)cc1. The average molecular weight is 364 g/mol. The zero-order valence-corrected chi connectivity index (χ0v) is 14.9. The molecule has 0 aliphatic rings. The van der Waals surface area contributed by atoms with Gasteiger partial charge in [0.1, 0.15) is 5.75 Å². The Balaban J connectivity index is 1.44. The van der Waals surface area contributed by atoms with E-state index in [4.69, 9.17) is 4.74 Å². The first kappa shape index (κ1) is 18.2. The molecule has 3 N–H and O–H groups in total.